The minimum atomic E-state index is -3.03. The number of nitrogens with zero attached hydrogens (tertiary/aromatic N) is 1. The summed E-state index contributed by atoms with van der Waals surface area (Å²) in [4.78, 5) is 2.61. The van der Waals surface area contributed by atoms with Gasteiger partial charge in [-0.15, -0.1) is 0 Å². The zero-order valence-electron chi connectivity index (χ0n) is 12.1. The monoisotopic (exact) mass is 289 g/mol. The van der Waals surface area contributed by atoms with Gasteiger partial charge in [0.2, 0.25) is 10.0 Å². The average Bonchev–Trinajstić information content (AvgIpc) is 2.56. The molecule has 5 nitrogen and oxygen atoms in total. The number of hydrogen-bond donors (Lipinski definition) is 2. The Balaban J connectivity index is 1.74. The van der Waals surface area contributed by atoms with Gasteiger partial charge in [-0.25, -0.2) is 13.1 Å². The standard InChI is InChI=1S/C13H27N3O2S/c1-3-14-11-9-12-5-6-13(10-11)16(12)8-4-7-15-19(2,17)18/h11-15H,3-10H2,1-2H3. The maximum atomic E-state index is 11.0. The van der Waals surface area contributed by atoms with Crippen LogP contribution >= 0.6 is 0 Å². The van der Waals surface area contributed by atoms with E-state index in [1.807, 2.05) is 0 Å². The van der Waals surface area contributed by atoms with Crippen LogP contribution in [0.25, 0.3) is 0 Å². The molecule has 0 aromatic heterocycles. The maximum absolute atomic E-state index is 11.0. The molecule has 2 saturated heterocycles. The van der Waals surface area contributed by atoms with Crippen molar-refractivity contribution in [2.24, 2.45) is 0 Å². The minimum Gasteiger partial charge on any atom is -0.314 e. The normalized spacial score (nSPS) is 31.8. The first-order chi connectivity index (χ1) is 8.99. The second-order valence-corrected chi connectivity index (χ2v) is 7.70. The molecule has 2 heterocycles. The lowest BCUT2D eigenvalue weighted by Crippen LogP contribution is -2.49. The Kier molecular flexibility index (Phi) is 5.22. The molecule has 0 aromatic rings. The van der Waals surface area contributed by atoms with E-state index in [4.69, 9.17) is 0 Å². The number of fused-ring (bicyclic) bond motifs is 2. The van der Waals surface area contributed by atoms with Gasteiger partial charge in [-0.1, -0.05) is 6.92 Å². The lowest BCUT2D eigenvalue weighted by Gasteiger charge is -2.39. The van der Waals surface area contributed by atoms with Gasteiger partial charge in [-0.3, -0.25) is 4.90 Å². The van der Waals surface area contributed by atoms with E-state index in [1.165, 1.54) is 31.9 Å². The van der Waals surface area contributed by atoms with Gasteiger partial charge in [-0.2, -0.15) is 0 Å². The summed E-state index contributed by atoms with van der Waals surface area (Å²) in [6, 6.07) is 2.11. The van der Waals surface area contributed by atoms with E-state index in [0.29, 0.717) is 24.7 Å². The van der Waals surface area contributed by atoms with E-state index in [0.717, 1.165) is 19.5 Å². The fraction of sp³-hybridized carbons (Fsp3) is 1.00. The van der Waals surface area contributed by atoms with Crippen molar-refractivity contribution in [3.8, 4) is 0 Å². The Morgan fingerprint density at radius 3 is 2.37 bits per heavy atom. The van der Waals surface area contributed by atoms with Crippen LogP contribution in [0.1, 0.15) is 39.0 Å². The number of rotatable bonds is 7. The smallest absolute Gasteiger partial charge is 0.208 e. The van der Waals surface area contributed by atoms with Crippen LogP contribution in [0.4, 0.5) is 0 Å². The molecular formula is C13H27N3O2S. The van der Waals surface area contributed by atoms with Gasteiger partial charge < -0.3 is 5.32 Å². The minimum absolute atomic E-state index is 0.561. The molecule has 0 saturated carbocycles. The fourth-order valence-corrected chi connectivity index (χ4v) is 4.13. The Bertz CT molecular complexity index is 371. The molecule has 0 radical (unpaired) electrons. The van der Waals surface area contributed by atoms with Crippen molar-refractivity contribution in [2.45, 2.75) is 57.2 Å². The van der Waals surface area contributed by atoms with Crippen LogP contribution in [0.3, 0.4) is 0 Å². The molecule has 2 aliphatic heterocycles. The predicted octanol–water partition coefficient (Wildman–Crippen LogP) is 0.531. The second-order valence-electron chi connectivity index (χ2n) is 5.87. The number of hydrogen-bond acceptors (Lipinski definition) is 4. The summed E-state index contributed by atoms with van der Waals surface area (Å²) in [6.07, 6.45) is 7.26. The first kappa shape index (κ1) is 15.2. The molecule has 2 aliphatic rings. The number of sulfonamides is 1. The van der Waals surface area contributed by atoms with Crippen LogP contribution in [0, 0.1) is 0 Å². The van der Waals surface area contributed by atoms with Crippen LogP contribution in [0.2, 0.25) is 0 Å². The van der Waals surface area contributed by atoms with Crippen LogP contribution < -0.4 is 10.0 Å². The summed E-state index contributed by atoms with van der Waals surface area (Å²) in [5.74, 6) is 0. The maximum Gasteiger partial charge on any atom is 0.208 e. The van der Waals surface area contributed by atoms with E-state index in [9.17, 15) is 8.42 Å². The summed E-state index contributed by atoms with van der Waals surface area (Å²) in [5, 5.41) is 3.57. The zero-order valence-corrected chi connectivity index (χ0v) is 12.9. The lowest BCUT2D eigenvalue weighted by molar-refractivity contribution is 0.116. The van der Waals surface area contributed by atoms with Crippen LogP contribution in [-0.4, -0.2) is 57.3 Å². The molecule has 6 heteroatoms. The first-order valence-electron chi connectivity index (χ1n) is 7.43. The molecule has 2 N–H and O–H groups in total. The highest BCUT2D eigenvalue weighted by Gasteiger charge is 2.39. The molecule has 0 aromatic carbocycles. The van der Waals surface area contributed by atoms with E-state index < -0.39 is 10.0 Å². The van der Waals surface area contributed by atoms with Crippen molar-refractivity contribution in [1.29, 1.82) is 0 Å². The van der Waals surface area contributed by atoms with E-state index in [-0.39, 0.29) is 0 Å². The summed E-state index contributed by atoms with van der Waals surface area (Å²) < 4.78 is 24.6. The molecule has 2 atom stereocenters. The van der Waals surface area contributed by atoms with Crippen molar-refractivity contribution in [1.82, 2.24) is 14.9 Å². The number of nitrogens with one attached hydrogen (secondary N) is 2. The largest absolute Gasteiger partial charge is 0.314 e. The molecule has 0 spiro atoms. The Hall–Kier alpha value is -0.170. The molecular weight excluding hydrogens is 262 g/mol. The Morgan fingerprint density at radius 1 is 1.21 bits per heavy atom. The van der Waals surface area contributed by atoms with Crippen molar-refractivity contribution in [3.63, 3.8) is 0 Å². The summed E-state index contributed by atoms with van der Waals surface area (Å²) in [5.41, 5.74) is 0. The molecule has 112 valence electrons. The van der Waals surface area contributed by atoms with Gasteiger partial charge in [0, 0.05) is 24.7 Å². The Labute approximate surface area is 117 Å². The molecule has 0 amide bonds. The van der Waals surface area contributed by atoms with Crippen LogP contribution in [0.5, 0.6) is 0 Å². The number of piperidine rings is 1. The zero-order chi connectivity index (χ0) is 13.9. The van der Waals surface area contributed by atoms with E-state index in [1.54, 1.807) is 0 Å². The first-order valence-corrected chi connectivity index (χ1v) is 9.32. The third-order valence-corrected chi connectivity index (χ3v) is 5.06. The van der Waals surface area contributed by atoms with E-state index >= 15 is 0 Å². The third-order valence-electron chi connectivity index (χ3n) is 4.33. The van der Waals surface area contributed by atoms with Crippen LogP contribution in [0.15, 0.2) is 0 Å². The van der Waals surface area contributed by atoms with Gasteiger partial charge >= 0.3 is 0 Å². The quantitative estimate of drug-likeness (QED) is 0.671. The van der Waals surface area contributed by atoms with Crippen molar-refractivity contribution in [2.75, 3.05) is 25.9 Å². The molecule has 2 unspecified atom stereocenters. The molecule has 2 bridgehead atoms. The summed E-state index contributed by atoms with van der Waals surface area (Å²) >= 11 is 0. The van der Waals surface area contributed by atoms with Gasteiger partial charge in [0.15, 0.2) is 0 Å². The van der Waals surface area contributed by atoms with Gasteiger partial charge in [0.05, 0.1) is 6.26 Å². The van der Waals surface area contributed by atoms with Gasteiger partial charge in [-0.05, 0) is 45.2 Å². The molecule has 2 rings (SSSR count). The highest BCUT2D eigenvalue weighted by atomic mass is 32.2. The van der Waals surface area contributed by atoms with Crippen LogP contribution in [-0.2, 0) is 10.0 Å². The molecule has 19 heavy (non-hydrogen) atoms. The van der Waals surface area contributed by atoms with Crippen molar-refractivity contribution >= 4 is 10.0 Å². The summed E-state index contributed by atoms with van der Waals surface area (Å²) in [7, 11) is -3.03. The third kappa shape index (κ3) is 4.41. The average molecular weight is 289 g/mol. The summed E-state index contributed by atoms with van der Waals surface area (Å²) in [6.45, 7) is 4.82. The highest BCUT2D eigenvalue weighted by Crippen LogP contribution is 2.35. The van der Waals surface area contributed by atoms with Crippen molar-refractivity contribution < 1.29 is 8.42 Å². The van der Waals surface area contributed by atoms with Crippen molar-refractivity contribution in [3.05, 3.63) is 0 Å². The Morgan fingerprint density at radius 2 is 1.84 bits per heavy atom. The van der Waals surface area contributed by atoms with Gasteiger partial charge in [0.1, 0.15) is 0 Å². The lowest BCUT2D eigenvalue weighted by atomic mass is 9.97. The van der Waals surface area contributed by atoms with E-state index in [2.05, 4.69) is 21.9 Å². The second kappa shape index (κ2) is 6.52. The predicted molar refractivity (Wildman–Crippen MR) is 77.7 cm³/mol. The van der Waals surface area contributed by atoms with Gasteiger partial charge in [0.25, 0.3) is 0 Å². The fourth-order valence-electron chi connectivity index (χ4n) is 3.61. The SMILES string of the molecule is CCNC1CC2CCC(C1)N2CCCNS(C)(=O)=O. The highest BCUT2D eigenvalue weighted by molar-refractivity contribution is 7.88. The molecule has 0 aliphatic carbocycles. The molecule has 2 fully saturated rings. The topological polar surface area (TPSA) is 61.4 Å².